The van der Waals surface area contributed by atoms with Gasteiger partial charge in [-0.05, 0) is 50.3 Å². The fourth-order valence-electron chi connectivity index (χ4n) is 2.69. The first-order chi connectivity index (χ1) is 10.8. The van der Waals surface area contributed by atoms with Crippen molar-refractivity contribution in [3.8, 4) is 0 Å². The highest BCUT2D eigenvalue weighted by molar-refractivity contribution is 5.74. The fourth-order valence-corrected chi connectivity index (χ4v) is 2.69. The van der Waals surface area contributed by atoms with Crippen molar-refractivity contribution in [2.24, 2.45) is 0 Å². The molecular weight excluding hydrogens is 309 g/mol. The lowest BCUT2D eigenvalue weighted by Crippen LogP contribution is -2.44. The molecule has 0 aliphatic heterocycles. The normalized spacial score (nSPS) is 23.2. The zero-order valence-corrected chi connectivity index (χ0v) is 12.9. The predicted molar refractivity (Wildman–Crippen MR) is 79.8 cm³/mol. The second kappa shape index (κ2) is 7.21. The van der Waals surface area contributed by atoms with E-state index in [1.807, 2.05) is 0 Å². The summed E-state index contributed by atoms with van der Waals surface area (Å²) < 4.78 is 37.6. The van der Waals surface area contributed by atoms with Crippen LogP contribution in [-0.2, 0) is 6.18 Å². The standard InChI is InChI=1S/C16H21F3N2O2/c1-10(11-2-4-12(5-3-11)16(17,18)19)20-15(23)21-13-6-8-14(22)9-7-13/h2-5,10,13-14,22H,6-9H2,1H3,(H2,20,21,23). The Morgan fingerprint density at radius 2 is 1.74 bits per heavy atom. The first-order valence-corrected chi connectivity index (χ1v) is 7.68. The van der Waals surface area contributed by atoms with E-state index in [4.69, 9.17) is 0 Å². The molecule has 4 nitrogen and oxygen atoms in total. The van der Waals surface area contributed by atoms with Crippen molar-refractivity contribution >= 4 is 6.03 Å². The number of nitrogens with one attached hydrogen (secondary N) is 2. The van der Waals surface area contributed by atoms with Crippen LogP contribution in [0.5, 0.6) is 0 Å². The van der Waals surface area contributed by atoms with Gasteiger partial charge in [0.15, 0.2) is 0 Å². The number of aliphatic hydroxyl groups is 1. The largest absolute Gasteiger partial charge is 0.416 e. The van der Waals surface area contributed by atoms with E-state index in [9.17, 15) is 23.1 Å². The Labute approximate surface area is 133 Å². The third kappa shape index (κ3) is 5.13. The third-order valence-corrected chi connectivity index (χ3v) is 4.12. The van der Waals surface area contributed by atoms with E-state index >= 15 is 0 Å². The second-order valence-electron chi connectivity index (χ2n) is 5.96. The number of alkyl halides is 3. The lowest BCUT2D eigenvalue weighted by Gasteiger charge is -2.27. The molecule has 1 fully saturated rings. The number of benzene rings is 1. The smallest absolute Gasteiger partial charge is 0.393 e. The molecule has 2 rings (SSSR count). The Bertz CT molecular complexity index is 523. The van der Waals surface area contributed by atoms with Gasteiger partial charge in [-0.2, -0.15) is 13.2 Å². The van der Waals surface area contributed by atoms with Gasteiger partial charge in [-0.25, -0.2) is 4.79 Å². The summed E-state index contributed by atoms with van der Waals surface area (Å²) in [5, 5.41) is 15.0. The molecule has 1 saturated carbocycles. The number of rotatable bonds is 3. The molecule has 1 unspecified atom stereocenters. The number of aliphatic hydroxyl groups excluding tert-OH is 1. The number of amides is 2. The molecule has 2 amide bonds. The van der Waals surface area contributed by atoms with Crippen LogP contribution in [0, 0.1) is 0 Å². The van der Waals surface area contributed by atoms with Gasteiger partial charge in [0.05, 0.1) is 17.7 Å². The van der Waals surface area contributed by atoms with Crippen molar-refractivity contribution < 1.29 is 23.1 Å². The molecular formula is C16H21F3N2O2. The van der Waals surface area contributed by atoms with Crippen LogP contribution in [0.25, 0.3) is 0 Å². The molecule has 128 valence electrons. The monoisotopic (exact) mass is 330 g/mol. The summed E-state index contributed by atoms with van der Waals surface area (Å²) in [6, 6.07) is 4.03. The first-order valence-electron chi connectivity index (χ1n) is 7.68. The Hall–Kier alpha value is -1.76. The van der Waals surface area contributed by atoms with Crippen molar-refractivity contribution in [2.45, 2.75) is 57.0 Å². The summed E-state index contributed by atoms with van der Waals surface area (Å²) >= 11 is 0. The van der Waals surface area contributed by atoms with E-state index in [-0.39, 0.29) is 18.2 Å². The lowest BCUT2D eigenvalue weighted by atomic mass is 9.93. The van der Waals surface area contributed by atoms with E-state index in [0.29, 0.717) is 18.4 Å². The Balaban J connectivity index is 1.86. The number of halogens is 3. The molecule has 1 aromatic rings. The van der Waals surface area contributed by atoms with E-state index in [1.165, 1.54) is 12.1 Å². The summed E-state index contributed by atoms with van der Waals surface area (Å²) in [5.74, 6) is 0. The lowest BCUT2D eigenvalue weighted by molar-refractivity contribution is -0.137. The molecule has 0 bridgehead atoms. The molecule has 23 heavy (non-hydrogen) atoms. The zero-order chi connectivity index (χ0) is 17.0. The fraction of sp³-hybridized carbons (Fsp3) is 0.562. The molecule has 3 N–H and O–H groups in total. The Morgan fingerprint density at radius 3 is 2.26 bits per heavy atom. The topological polar surface area (TPSA) is 61.4 Å². The Morgan fingerprint density at radius 1 is 1.17 bits per heavy atom. The summed E-state index contributed by atoms with van der Waals surface area (Å²) in [7, 11) is 0. The van der Waals surface area contributed by atoms with Gasteiger partial charge in [0, 0.05) is 6.04 Å². The number of carbonyl (C=O) groups excluding carboxylic acids is 1. The number of carbonyl (C=O) groups is 1. The molecule has 7 heteroatoms. The first kappa shape index (κ1) is 17.6. The van der Waals surface area contributed by atoms with E-state index in [0.717, 1.165) is 25.0 Å². The molecule has 1 aliphatic carbocycles. The van der Waals surface area contributed by atoms with Gasteiger partial charge < -0.3 is 15.7 Å². The molecule has 1 aliphatic rings. The van der Waals surface area contributed by atoms with Crippen LogP contribution >= 0.6 is 0 Å². The van der Waals surface area contributed by atoms with Gasteiger partial charge in [0.2, 0.25) is 0 Å². The van der Waals surface area contributed by atoms with E-state index < -0.39 is 17.8 Å². The minimum absolute atomic E-state index is 0.0261. The van der Waals surface area contributed by atoms with Crippen LogP contribution in [0.15, 0.2) is 24.3 Å². The highest BCUT2D eigenvalue weighted by Crippen LogP contribution is 2.29. The van der Waals surface area contributed by atoms with Gasteiger partial charge in [0.1, 0.15) is 0 Å². The SMILES string of the molecule is CC(NC(=O)NC1CCC(O)CC1)c1ccc(C(F)(F)F)cc1. The average molecular weight is 330 g/mol. The molecule has 0 saturated heterocycles. The van der Waals surface area contributed by atoms with Crippen molar-refractivity contribution in [1.29, 1.82) is 0 Å². The van der Waals surface area contributed by atoms with Crippen LogP contribution < -0.4 is 10.6 Å². The quantitative estimate of drug-likeness (QED) is 0.796. The molecule has 0 aromatic heterocycles. The Kier molecular flexibility index (Phi) is 5.51. The van der Waals surface area contributed by atoms with E-state index in [2.05, 4.69) is 10.6 Å². The molecule has 0 spiro atoms. The number of urea groups is 1. The van der Waals surface area contributed by atoms with Gasteiger partial charge >= 0.3 is 12.2 Å². The van der Waals surface area contributed by atoms with Crippen molar-refractivity contribution in [3.05, 3.63) is 35.4 Å². The minimum atomic E-state index is -4.36. The molecule has 0 heterocycles. The average Bonchev–Trinajstić information content (AvgIpc) is 2.49. The van der Waals surface area contributed by atoms with Gasteiger partial charge in [-0.1, -0.05) is 12.1 Å². The maximum atomic E-state index is 12.5. The second-order valence-corrected chi connectivity index (χ2v) is 5.96. The van der Waals surface area contributed by atoms with Crippen LogP contribution in [-0.4, -0.2) is 23.3 Å². The van der Waals surface area contributed by atoms with Crippen LogP contribution in [0.3, 0.4) is 0 Å². The number of hydrogen-bond acceptors (Lipinski definition) is 2. The summed E-state index contributed by atoms with van der Waals surface area (Å²) in [5.41, 5.74) is -0.106. The van der Waals surface area contributed by atoms with Crippen LogP contribution in [0.2, 0.25) is 0 Å². The van der Waals surface area contributed by atoms with E-state index in [1.54, 1.807) is 6.92 Å². The van der Waals surface area contributed by atoms with Crippen molar-refractivity contribution in [2.75, 3.05) is 0 Å². The maximum Gasteiger partial charge on any atom is 0.416 e. The van der Waals surface area contributed by atoms with Crippen LogP contribution in [0.1, 0.15) is 49.8 Å². The highest BCUT2D eigenvalue weighted by atomic mass is 19.4. The predicted octanol–water partition coefficient (Wildman–Crippen LogP) is 3.37. The summed E-state index contributed by atoms with van der Waals surface area (Å²) in [6.07, 6.45) is -1.87. The maximum absolute atomic E-state index is 12.5. The van der Waals surface area contributed by atoms with Gasteiger partial charge in [-0.15, -0.1) is 0 Å². The summed E-state index contributed by atoms with van der Waals surface area (Å²) in [6.45, 7) is 1.72. The third-order valence-electron chi connectivity index (χ3n) is 4.12. The molecule has 1 atom stereocenters. The zero-order valence-electron chi connectivity index (χ0n) is 12.9. The molecule has 0 radical (unpaired) electrons. The van der Waals surface area contributed by atoms with Gasteiger partial charge in [0.25, 0.3) is 0 Å². The number of hydrogen-bond donors (Lipinski definition) is 3. The van der Waals surface area contributed by atoms with Crippen LogP contribution in [0.4, 0.5) is 18.0 Å². The van der Waals surface area contributed by atoms with Crippen molar-refractivity contribution in [1.82, 2.24) is 10.6 Å². The van der Waals surface area contributed by atoms with Gasteiger partial charge in [-0.3, -0.25) is 0 Å². The highest BCUT2D eigenvalue weighted by Gasteiger charge is 2.30. The molecule has 1 aromatic carbocycles. The summed E-state index contributed by atoms with van der Waals surface area (Å²) in [4.78, 5) is 11.9. The van der Waals surface area contributed by atoms with Crippen molar-refractivity contribution in [3.63, 3.8) is 0 Å². The minimum Gasteiger partial charge on any atom is -0.393 e.